The van der Waals surface area contributed by atoms with E-state index < -0.39 is 0 Å². The van der Waals surface area contributed by atoms with E-state index in [-0.39, 0.29) is 0 Å². The van der Waals surface area contributed by atoms with Crippen LogP contribution >= 0.6 is 23.8 Å². The molecule has 1 N–H and O–H groups in total. The highest BCUT2D eigenvalue weighted by molar-refractivity contribution is 7.71. The summed E-state index contributed by atoms with van der Waals surface area (Å²) in [4.78, 5) is 3.23. The smallest absolute Gasteiger partial charge is 0.178 e. The zero-order chi connectivity index (χ0) is 11.3. The van der Waals surface area contributed by atoms with Crippen LogP contribution in [-0.4, -0.2) is 9.55 Å². The molecule has 1 aliphatic carbocycles. The van der Waals surface area contributed by atoms with E-state index in [1.54, 1.807) is 0 Å². The molecule has 1 saturated carbocycles. The van der Waals surface area contributed by atoms with Crippen LogP contribution in [0.1, 0.15) is 25.8 Å². The molecule has 1 heterocycles. The number of hydrogen-bond donors (Lipinski definition) is 1. The third-order valence-electron chi connectivity index (χ3n) is 3.42. The lowest BCUT2D eigenvalue weighted by atomic mass is 10.3. The Kier molecular flexibility index (Phi) is 2.33. The molecule has 1 aromatic heterocycles. The van der Waals surface area contributed by atoms with Gasteiger partial charge in [-0.25, -0.2) is 0 Å². The average molecular weight is 253 g/mol. The number of fused-ring (bicyclic) bond motifs is 1. The lowest BCUT2D eigenvalue weighted by molar-refractivity contribution is 0.648. The highest BCUT2D eigenvalue weighted by Gasteiger charge is 2.38. The zero-order valence-electron chi connectivity index (χ0n) is 9.03. The summed E-state index contributed by atoms with van der Waals surface area (Å²) in [6, 6.07) is 6.50. The lowest BCUT2D eigenvalue weighted by Crippen LogP contribution is -1.95. The molecule has 3 rings (SSSR count). The van der Waals surface area contributed by atoms with Crippen LogP contribution in [-0.2, 0) is 0 Å². The van der Waals surface area contributed by atoms with E-state index in [0.717, 1.165) is 21.2 Å². The molecule has 84 valence electrons. The second kappa shape index (κ2) is 3.60. The number of aromatic amines is 1. The largest absolute Gasteiger partial charge is 0.331 e. The number of halogens is 1. The van der Waals surface area contributed by atoms with Crippen molar-refractivity contribution in [2.24, 2.45) is 5.92 Å². The normalized spacial score (nSPS) is 23.9. The fourth-order valence-electron chi connectivity index (χ4n) is 2.42. The number of aromatic nitrogens is 2. The quantitative estimate of drug-likeness (QED) is 0.790. The van der Waals surface area contributed by atoms with Gasteiger partial charge in [0.05, 0.1) is 11.0 Å². The molecular weight excluding hydrogens is 240 g/mol. The molecule has 0 amide bonds. The number of benzene rings is 1. The van der Waals surface area contributed by atoms with Crippen LogP contribution in [0.4, 0.5) is 0 Å². The summed E-state index contributed by atoms with van der Waals surface area (Å²) in [5.74, 6) is 0.793. The van der Waals surface area contributed by atoms with Crippen molar-refractivity contribution in [2.75, 3.05) is 0 Å². The Bertz CT molecular complexity index is 599. The molecule has 0 radical (unpaired) electrons. The number of hydrogen-bond acceptors (Lipinski definition) is 1. The van der Waals surface area contributed by atoms with Gasteiger partial charge in [0.15, 0.2) is 4.77 Å². The maximum Gasteiger partial charge on any atom is 0.178 e. The van der Waals surface area contributed by atoms with Gasteiger partial charge in [0.2, 0.25) is 0 Å². The number of nitrogens with zero attached hydrogens (tertiary/aromatic N) is 1. The SMILES string of the molecule is CCC1CC1n1c(=S)[nH]c2cc(Cl)ccc21. The highest BCUT2D eigenvalue weighted by atomic mass is 35.5. The zero-order valence-corrected chi connectivity index (χ0v) is 10.6. The maximum atomic E-state index is 5.97. The van der Waals surface area contributed by atoms with Crippen molar-refractivity contribution in [2.45, 2.75) is 25.8 Å². The molecule has 2 unspecified atom stereocenters. The Balaban J connectivity index is 2.17. The van der Waals surface area contributed by atoms with E-state index in [0.29, 0.717) is 6.04 Å². The van der Waals surface area contributed by atoms with Gasteiger partial charge in [-0.1, -0.05) is 24.9 Å². The molecule has 0 aliphatic heterocycles. The van der Waals surface area contributed by atoms with Crippen molar-refractivity contribution in [3.63, 3.8) is 0 Å². The summed E-state index contributed by atoms with van der Waals surface area (Å²) in [7, 11) is 0. The minimum Gasteiger partial charge on any atom is -0.331 e. The number of H-pyrrole nitrogens is 1. The van der Waals surface area contributed by atoms with Crippen molar-refractivity contribution in [1.29, 1.82) is 0 Å². The first-order chi connectivity index (χ1) is 7.70. The van der Waals surface area contributed by atoms with Gasteiger partial charge < -0.3 is 9.55 Å². The van der Waals surface area contributed by atoms with Crippen LogP contribution in [0.25, 0.3) is 11.0 Å². The fourth-order valence-corrected chi connectivity index (χ4v) is 2.93. The van der Waals surface area contributed by atoms with E-state index in [1.165, 1.54) is 18.4 Å². The van der Waals surface area contributed by atoms with Gasteiger partial charge in [0.1, 0.15) is 0 Å². The Morgan fingerprint density at radius 3 is 3.06 bits per heavy atom. The van der Waals surface area contributed by atoms with E-state index in [4.69, 9.17) is 23.8 Å². The van der Waals surface area contributed by atoms with Gasteiger partial charge in [0.25, 0.3) is 0 Å². The summed E-state index contributed by atoms with van der Waals surface area (Å²) in [5, 5.41) is 0.749. The minimum atomic E-state index is 0.590. The highest BCUT2D eigenvalue weighted by Crippen LogP contribution is 2.47. The monoisotopic (exact) mass is 252 g/mol. The molecule has 1 aromatic carbocycles. The first kappa shape index (κ1) is 10.4. The van der Waals surface area contributed by atoms with Gasteiger partial charge in [0, 0.05) is 11.1 Å². The van der Waals surface area contributed by atoms with Crippen LogP contribution in [0.2, 0.25) is 5.02 Å². The Labute approximate surface area is 104 Å². The van der Waals surface area contributed by atoms with Gasteiger partial charge >= 0.3 is 0 Å². The first-order valence-electron chi connectivity index (χ1n) is 5.60. The average Bonchev–Trinajstić information content (AvgIpc) is 2.94. The summed E-state index contributed by atoms with van der Waals surface area (Å²) >= 11 is 11.3. The van der Waals surface area contributed by atoms with Crippen LogP contribution in [0.15, 0.2) is 18.2 Å². The van der Waals surface area contributed by atoms with Crippen LogP contribution < -0.4 is 0 Å². The van der Waals surface area contributed by atoms with Crippen molar-refractivity contribution < 1.29 is 0 Å². The number of nitrogens with one attached hydrogen (secondary N) is 1. The molecule has 2 atom stereocenters. The number of imidazole rings is 1. The van der Waals surface area contributed by atoms with Gasteiger partial charge in [-0.2, -0.15) is 0 Å². The molecule has 0 bridgehead atoms. The van der Waals surface area contributed by atoms with Crippen molar-refractivity contribution in [1.82, 2.24) is 9.55 Å². The molecule has 0 spiro atoms. The van der Waals surface area contributed by atoms with Crippen molar-refractivity contribution in [3.8, 4) is 0 Å². The molecule has 1 aliphatic rings. The van der Waals surface area contributed by atoms with E-state index in [9.17, 15) is 0 Å². The third-order valence-corrected chi connectivity index (χ3v) is 3.95. The van der Waals surface area contributed by atoms with Crippen LogP contribution in [0.3, 0.4) is 0 Å². The van der Waals surface area contributed by atoms with Gasteiger partial charge in [-0.3, -0.25) is 0 Å². The predicted molar refractivity (Wildman–Crippen MR) is 69.6 cm³/mol. The predicted octanol–water partition coefficient (Wildman–Crippen LogP) is 4.32. The molecule has 4 heteroatoms. The Morgan fingerprint density at radius 1 is 1.56 bits per heavy atom. The summed E-state index contributed by atoms with van der Waals surface area (Å²) in [6.45, 7) is 2.24. The van der Waals surface area contributed by atoms with Crippen LogP contribution in [0, 0.1) is 10.7 Å². The lowest BCUT2D eigenvalue weighted by Gasteiger charge is -2.02. The fraction of sp³-hybridized carbons (Fsp3) is 0.417. The number of rotatable bonds is 2. The molecule has 0 saturated heterocycles. The Morgan fingerprint density at radius 2 is 2.38 bits per heavy atom. The molecule has 2 nitrogen and oxygen atoms in total. The van der Waals surface area contributed by atoms with Gasteiger partial charge in [-0.05, 0) is 42.8 Å². The molecule has 1 fully saturated rings. The van der Waals surface area contributed by atoms with Crippen molar-refractivity contribution in [3.05, 3.63) is 28.0 Å². The van der Waals surface area contributed by atoms with Crippen LogP contribution in [0.5, 0.6) is 0 Å². The standard InChI is InChI=1S/C12H13ClN2S/c1-2-7-5-11(7)15-10-4-3-8(13)6-9(10)14-12(15)16/h3-4,6-7,11H,2,5H2,1H3,(H,14,16). The van der Waals surface area contributed by atoms with E-state index in [2.05, 4.69) is 22.5 Å². The van der Waals surface area contributed by atoms with E-state index >= 15 is 0 Å². The summed E-state index contributed by atoms with van der Waals surface area (Å²) in [6.07, 6.45) is 2.48. The minimum absolute atomic E-state index is 0.590. The molecule has 2 aromatic rings. The molecule has 16 heavy (non-hydrogen) atoms. The topological polar surface area (TPSA) is 20.7 Å². The summed E-state index contributed by atoms with van der Waals surface area (Å²) < 4.78 is 3.06. The second-order valence-electron chi connectivity index (χ2n) is 4.43. The third kappa shape index (κ3) is 1.50. The Hall–Kier alpha value is -0.800. The maximum absolute atomic E-state index is 5.97. The molecular formula is C12H13ClN2S. The van der Waals surface area contributed by atoms with Gasteiger partial charge in [-0.15, -0.1) is 0 Å². The van der Waals surface area contributed by atoms with E-state index in [1.807, 2.05) is 12.1 Å². The van der Waals surface area contributed by atoms with Crippen molar-refractivity contribution >= 4 is 34.9 Å². The second-order valence-corrected chi connectivity index (χ2v) is 5.26. The first-order valence-corrected chi connectivity index (χ1v) is 6.39. The summed E-state index contributed by atoms with van der Waals surface area (Å²) in [5.41, 5.74) is 2.22.